The van der Waals surface area contributed by atoms with Crippen LogP contribution in [0.1, 0.15) is 0 Å². The summed E-state index contributed by atoms with van der Waals surface area (Å²) in [5.74, 6) is -0.872. The monoisotopic (exact) mass is 379 g/mol. The van der Waals surface area contributed by atoms with Crippen LogP contribution in [0.15, 0.2) is 43.6 Å². The van der Waals surface area contributed by atoms with Gasteiger partial charge in [-0.25, -0.2) is 18.4 Å². The minimum atomic E-state index is -1.06. The van der Waals surface area contributed by atoms with Gasteiger partial charge in [-0.1, -0.05) is 11.6 Å². The molecule has 0 amide bonds. The normalized spacial score (nSPS) is 10.9. The average Bonchev–Trinajstić information content (AvgIpc) is 2.60. The number of aromatic nitrogens is 5. The number of nitrogens with one attached hydrogen (secondary N) is 1. The Balaban J connectivity index is 2.45. The molecule has 9 nitrogen and oxygen atoms in total. The van der Waals surface area contributed by atoms with Crippen LogP contribution in [-0.2, 0) is 14.1 Å². The molecule has 0 aliphatic carbocycles. The average molecular weight is 380 g/mol. The number of H-pyrrole nitrogens is 1. The molecule has 0 atom stereocenters. The Bertz CT molecular complexity index is 1270. The van der Waals surface area contributed by atoms with E-state index in [0.717, 1.165) is 27.7 Å². The maximum absolute atomic E-state index is 14.2. The highest BCUT2D eigenvalue weighted by Gasteiger charge is 2.20. The second-order valence-corrected chi connectivity index (χ2v) is 5.81. The fourth-order valence-electron chi connectivity index (χ4n) is 2.34. The van der Waals surface area contributed by atoms with Crippen molar-refractivity contribution in [3.05, 3.63) is 76.7 Å². The van der Waals surface area contributed by atoms with Crippen molar-refractivity contribution in [2.24, 2.45) is 14.1 Å². The molecule has 0 saturated carbocycles. The molecule has 3 aromatic rings. The fourth-order valence-corrected chi connectivity index (χ4v) is 2.51. The van der Waals surface area contributed by atoms with Gasteiger partial charge >= 0.3 is 11.2 Å². The van der Waals surface area contributed by atoms with Crippen LogP contribution in [-0.4, -0.2) is 24.1 Å². The molecule has 2 heterocycles. The minimum absolute atomic E-state index is 0.0974. The van der Waals surface area contributed by atoms with Crippen LogP contribution in [0.5, 0.6) is 0 Å². The van der Waals surface area contributed by atoms with Crippen LogP contribution in [0.25, 0.3) is 16.9 Å². The van der Waals surface area contributed by atoms with Crippen molar-refractivity contribution in [3.8, 4) is 16.9 Å². The molecule has 26 heavy (non-hydrogen) atoms. The van der Waals surface area contributed by atoms with Crippen molar-refractivity contribution in [3.63, 3.8) is 0 Å². The standard InChI is InChI=1S/C15H11ClFN5O4/c1-20-14(25)12(23)8(6-18-20)11-13(24)22(15(26)21(2)19-11)10-5-7(16)3-4-9(10)17/h3-6,18H,1-2H3. The van der Waals surface area contributed by atoms with E-state index in [0.29, 0.717) is 4.57 Å². The number of benzene rings is 1. The van der Waals surface area contributed by atoms with Crippen LogP contribution < -0.4 is 22.2 Å². The van der Waals surface area contributed by atoms with Gasteiger partial charge in [0.15, 0.2) is 5.69 Å². The summed E-state index contributed by atoms with van der Waals surface area (Å²) in [5, 5.41) is 6.34. The number of hydrogen-bond acceptors (Lipinski definition) is 5. The van der Waals surface area contributed by atoms with E-state index in [-0.39, 0.29) is 10.6 Å². The Kier molecular flexibility index (Phi) is 4.20. The second-order valence-electron chi connectivity index (χ2n) is 5.37. The van der Waals surface area contributed by atoms with E-state index in [1.165, 1.54) is 20.2 Å². The minimum Gasteiger partial charge on any atom is -0.302 e. The molecule has 1 N–H and O–H groups in total. The quantitative estimate of drug-likeness (QED) is 0.618. The van der Waals surface area contributed by atoms with Gasteiger partial charge in [-0.2, -0.15) is 5.10 Å². The van der Waals surface area contributed by atoms with Crippen molar-refractivity contribution >= 4 is 11.6 Å². The lowest BCUT2D eigenvalue weighted by Crippen LogP contribution is -2.43. The Morgan fingerprint density at radius 1 is 1.12 bits per heavy atom. The van der Waals surface area contributed by atoms with Gasteiger partial charge in [0.2, 0.25) is 0 Å². The smallest absolute Gasteiger partial charge is 0.302 e. The van der Waals surface area contributed by atoms with Gasteiger partial charge in [0, 0.05) is 25.3 Å². The number of halogens is 2. The van der Waals surface area contributed by atoms with Gasteiger partial charge in [-0.15, -0.1) is 0 Å². The Morgan fingerprint density at radius 2 is 1.81 bits per heavy atom. The van der Waals surface area contributed by atoms with Crippen molar-refractivity contribution < 1.29 is 4.39 Å². The lowest BCUT2D eigenvalue weighted by molar-refractivity contribution is 0.590. The predicted octanol–water partition coefficient (Wildman–Crippen LogP) is -0.222. The first-order chi connectivity index (χ1) is 12.2. The molecule has 0 spiro atoms. The molecule has 11 heteroatoms. The van der Waals surface area contributed by atoms with Crippen molar-refractivity contribution in [1.29, 1.82) is 0 Å². The highest BCUT2D eigenvalue weighted by Crippen LogP contribution is 2.17. The lowest BCUT2D eigenvalue weighted by atomic mass is 10.2. The van der Waals surface area contributed by atoms with E-state index in [1.54, 1.807) is 0 Å². The van der Waals surface area contributed by atoms with E-state index in [1.807, 2.05) is 0 Å². The third-order valence-electron chi connectivity index (χ3n) is 3.67. The maximum atomic E-state index is 14.2. The van der Waals surface area contributed by atoms with Crippen molar-refractivity contribution in [2.45, 2.75) is 0 Å². The summed E-state index contributed by atoms with van der Waals surface area (Å²) in [5.41, 5.74) is -5.14. The third kappa shape index (κ3) is 2.69. The predicted molar refractivity (Wildman–Crippen MR) is 91.3 cm³/mol. The second kappa shape index (κ2) is 6.23. The Morgan fingerprint density at radius 3 is 2.50 bits per heavy atom. The van der Waals surface area contributed by atoms with Crippen LogP contribution >= 0.6 is 11.6 Å². The summed E-state index contributed by atoms with van der Waals surface area (Å²) >= 11 is 5.83. The van der Waals surface area contributed by atoms with E-state index in [2.05, 4.69) is 10.2 Å². The summed E-state index contributed by atoms with van der Waals surface area (Å²) in [6, 6.07) is 3.34. The molecule has 2 aromatic heterocycles. The van der Waals surface area contributed by atoms with Crippen LogP contribution in [0, 0.1) is 5.82 Å². The molecular formula is C15H11ClFN5O4. The summed E-state index contributed by atoms with van der Waals surface area (Å²) in [7, 11) is 2.54. The molecular weight excluding hydrogens is 369 g/mol. The number of aromatic amines is 1. The van der Waals surface area contributed by atoms with Crippen LogP contribution in [0.3, 0.4) is 0 Å². The molecule has 0 unspecified atom stereocenters. The molecule has 0 saturated heterocycles. The fraction of sp³-hybridized carbons (Fsp3) is 0.133. The summed E-state index contributed by atoms with van der Waals surface area (Å²) in [6.07, 6.45) is 1.11. The summed E-state index contributed by atoms with van der Waals surface area (Å²) in [4.78, 5) is 49.1. The molecule has 0 radical (unpaired) electrons. The molecule has 1 aromatic carbocycles. The highest BCUT2D eigenvalue weighted by molar-refractivity contribution is 6.30. The number of aryl methyl sites for hydroxylation is 2. The van der Waals surface area contributed by atoms with Crippen molar-refractivity contribution in [1.82, 2.24) is 24.1 Å². The summed E-state index contributed by atoms with van der Waals surface area (Å²) < 4.78 is 16.3. The van der Waals surface area contributed by atoms with Gasteiger partial charge in [-0.05, 0) is 18.2 Å². The first-order valence-corrected chi connectivity index (χ1v) is 7.55. The van der Waals surface area contributed by atoms with Crippen LogP contribution in [0.2, 0.25) is 5.02 Å². The first kappa shape index (κ1) is 17.5. The van der Waals surface area contributed by atoms with E-state index >= 15 is 0 Å². The third-order valence-corrected chi connectivity index (χ3v) is 3.91. The number of nitrogens with zero attached hydrogens (tertiary/aromatic N) is 4. The van der Waals surface area contributed by atoms with Gasteiger partial charge in [-0.3, -0.25) is 19.1 Å². The van der Waals surface area contributed by atoms with Gasteiger partial charge in [0.25, 0.3) is 11.0 Å². The molecule has 134 valence electrons. The zero-order valence-corrected chi connectivity index (χ0v) is 14.2. The molecule has 0 bridgehead atoms. The SMILES string of the molecule is Cn1nc(-c2c[nH]n(C)c(=O)c2=O)c(=O)n(-c2cc(Cl)ccc2F)c1=O. The highest BCUT2D eigenvalue weighted by atomic mass is 35.5. The van der Waals surface area contributed by atoms with Gasteiger partial charge in [0.1, 0.15) is 5.82 Å². The number of rotatable bonds is 2. The van der Waals surface area contributed by atoms with Crippen molar-refractivity contribution in [2.75, 3.05) is 0 Å². The number of hydrogen-bond donors (Lipinski definition) is 1. The molecule has 0 fully saturated rings. The zero-order chi connectivity index (χ0) is 19.2. The zero-order valence-electron chi connectivity index (χ0n) is 13.5. The Hall–Kier alpha value is -3.27. The van der Waals surface area contributed by atoms with Crippen LogP contribution in [0.4, 0.5) is 4.39 Å². The lowest BCUT2D eigenvalue weighted by Gasteiger charge is -2.10. The molecule has 0 aliphatic rings. The van der Waals surface area contributed by atoms with Gasteiger partial charge < -0.3 is 5.10 Å². The van der Waals surface area contributed by atoms with Gasteiger partial charge in [0.05, 0.1) is 11.3 Å². The van der Waals surface area contributed by atoms with E-state index < -0.39 is 39.4 Å². The summed E-state index contributed by atoms with van der Waals surface area (Å²) in [6.45, 7) is 0. The topological polar surface area (TPSA) is 112 Å². The Labute approximate surface area is 148 Å². The van der Waals surface area contributed by atoms with E-state index in [9.17, 15) is 23.6 Å². The first-order valence-electron chi connectivity index (χ1n) is 7.17. The largest absolute Gasteiger partial charge is 0.351 e. The van der Waals surface area contributed by atoms with E-state index in [4.69, 9.17) is 11.6 Å². The molecule has 0 aliphatic heterocycles. The molecule has 3 rings (SSSR count). The maximum Gasteiger partial charge on any atom is 0.351 e.